The number of benzene rings is 4. The first kappa shape index (κ1) is 40.2. The number of aliphatic hydroxyl groups is 1. The van der Waals surface area contributed by atoms with Crippen LogP contribution in [0.5, 0.6) is 0 Å². The third kappa shape index (κ3) is 10.9. The molecule has 55 heavy (non-hydrogen) atoms. The Bertz CT molecular complexity index is 2000. The Labute approximate surface area is 324 Å². The summed E-state index contributed by atoms with van der Waals surface area (Å²) in [6, 6.07) is 29.0. The van der Waals surface area contributed by atoms with Crippen molar-refractivity contribution in [2.24, 2.45) is 0 Å². The van der Waals surface area contributed by atoms with Gasteiger partial charge >= 0.3 is 5.97 Å². The minimum absolute atomic E-state index is 0.0598. The smallest absolute Gasteiger partial charge is 0.323 e. The molecule has 12 heteroatoms. The number of carbonyl (C=O) groups excluding carboxylic acids is 2. The third-order valence-electron chi connectivity index (χ3n) is 9.77. The molecule has 1 amide bonds. The first-order valence-corrected chi connectivity index (χ1v) is 20.3. The molecule has 0 aromatic heterocycles. The zero-order chi connectivity index (χ0) is 39.2. The van der Waals surface area contributed by atoms with E-state index in [1.807, 2.05) is 94.4 Å². The second kappa shape index (κ2) is 17.6. The number of sulfonamides is 1. The van der Waals surface area contributed by atoms with Gasteiger partial charge in [-0.3, -0.25) is 14.5 Å². The van der Waals surface area contributed by atoms with Crippen LogP contribution in [0, 0.1) is 6.92 Å². The van der Waals surface area contributed by atoms with E-state index in [2.05, 4.69) is 14.9 Å². The fourth-order valence-electron chi connectivity index (χ4n) is 6.94. The molecule has 2 fully saturated rings. The lowest BCUT2D eigenvalue weighted by Gasteiger charge is -2.38. The molecule has 6 rings (SSSR count). The number of nitrogens with one attached hydrogen (secondary N) is 2. The molecule has 5 atom stereocenters. The number of aryl methyl sites for hydroxylation is 1. The number of amides is 1. The number of hydrogen-bond donors (Lipinski definition) is 3. The van der Waals surface area contributed by atoms with Crippen molar-refractivity contribution in [3.63, 3.8) is 0 Å². The largest absolute Gasteiger partial charge is 0.459 e. The van der Waals surface area contributed by atoms with E-state index in [-0.39, 0.29) is 42.1 Å². The average molecular weight is 770 g/mol. The monoisotopic (exact) mass is 769 g/mol. The summed E-state index contributed by atoms with van der Waals surface area (Å²) in [7, 11) is -4.00. The van der Waals surface area contributed by atoms with E-state index in [0.717, 1.165) is 47.2 Å². The van der Waals surface area contributed by atoms with Gasteiger partial charge in [-0.2, -0.15) is 4.72 Å². The number of nitrogens with zero attached hydrogens (tertiary/aromatic N) is 1. The van der Waals surface area contributed by atoms with Crippen molar-refractivity contribution in [3.05, 3.63) is 131 Å². The molecule has 0 radical (unpaired) electrons. The van der Waals surface area contributed by atoms with Gasteiger partial charge in [0.05, 0.1) is 23.7 Å². The zero-order valence-electron chi connectivity index (χ0n) is 31.8. The van der Waals surface area contributed by atoms with Gasteiger partial charge in [0.2, 0.25) is 15.9 Å². The molecule has 0 aliphatic carbocycles. The molecule has 0 unspecified atom stereocenters. The van der Waals surface area contributed by atoms with Crippen LogP contribution < -0.4 is 10.0 Å². The molecule has 4 aromatic rings. The summed E-state index contributed by atoms with van der Waals surface area (Å²) in [5.74, 6) is -0.731. The molecular formula is C43H51N3O8S. The first-order valence-electron chi connectivity index (χ1n) is 18.8. The van der Waals surface area contributed by atoms with Crippen LogP contribution in [0.3, 0.4) is 0 Å². The first-order chi connectivity index (χ1) is 26.3. The Hall–Kier alpha value is -4.43. The Balaban J connectivity index is 1.18. The summed E-state index contributed by atoms with van der Waals surface area (Å²) in [4.78, 5) is 29.1. The van der Waals surface area contributed by atoms with Gasteiger partial charge in [-0.05, 0) is 94.5 Å². The summed E-state index contributed by atoms with van der Waals surface area (Å²) >= 11 is 0. The van der Waals surface area contributed by atoms with Crippen molar-refractivity contribution in [2.75, 3.05) is 18.4 Å². The summed E-state index contributed by atoms with van der Waals surface area (Å²) in [6.45, 7) is 8.70. The maximum absolute atomic E-state index is 13.7. The molecular weight excluding hydrogens is 719 g/mol. The molecule has 2 heterocycles. The van der Waals surface area contributed by atoms with Gasteiger partial charge in [0, 0.05) is 24.2 Å². The minimum Gasteiger partial charge on any atom is -0.459 e. The molecule has 0 spiro atoms. The van der Waals surface area contributed by atoms with E-state index >= 15 is 0 Å². The standard InChI is InChI=1S/C43H51N3O8S/c1-29-12-22-36(23-13-29)55(50,51)45-37(25-30-9-6-5-7-10-30)40(48)44-34-20-18-33(19-21-34)42-52-35(26-39(53-42)32-16-14-31(28-47)15-17-32)27-46-24-8-11-38(46)41(49)54-43(2,3)4/h5-7,9-10,12-23,35,37-39,42,45,47H,8,11,24-28H2,1-4H3,(H,44,48)/t35-,37-,38+,39+,42+/m1/s1. The molecule has 292 valence electrons. The highest BCUT2D eigenvalue weighted by Crippen LogP contribution is 2.39. The number of carbonyl (C=O) groups is 2. The van der Waals surface area contributed by atoms with Crippen LogP contribution in [0.1, 0.15) is 80.2 Å². The summed E-state index contributed by atoms with van der Waals surface area (Å²) < 4.78 is 48.2. The predicted octanol–water partition coefficient (Wildman–Crippen LogP) is 6.37. The van der Waals surface area contributed by atoms with Gasteiger partial charge in [-0.25, -0.2) is 8.42 Å². The van der Waals surface area contributed by atoms with Gasteiger partial charge in [0.15, 0.2) is 6.29 Å². The van der Waals surface area contributed by atoms with Gasteiger partial charge in [-0.15, -0.1) is 0 Å². The predicted molar refractivity (Wildman–Crippen MR) is 209 cm³/mol. The van der Waals surface area contributed by atoms with Gasteiger partial charge in [0.1, 0.15) is 17.7 Å². The van der Waals surface area contributed by atoms with Crippen molar-refractivity contribution in [3.8, 4) is 0 Å². The maximum atomic E-state index is 13.7. The van der Waals surface area contributed by atoms with Gasteiger partial charge in [0.25, 0.3) is 0 Å². The Morgan fingerprint density at radius 3 is 2.22 bits per heavy atom. The Morgan fingerprint density at radius 2 is 1.56 bits per heavy atom. The number of rotatable bonds is 13. The van der Waals surface area contributed by atoms with Crippen molar-refractivity contribution in [1.82, 2.24) is 9.62 Å². The number of anilines is 1. The summed E-state index contributed by atoms with van der Waals surface area (Å²) in [6.07, 6.45) is 0.967. The number of likely N-dealkylation sites (tertiary alicyclic amines) is 1. The van der Waals surface area contributed by atoms with E-state index < -0.39 is 33.9 Å². The molecule has 11 nitrogen and oxygen atoms in total. The van der Waals surface area contributed by atoms with Gasteiger partial charge in [-0.1, -0.05) is 84.4 Å². The van der Waals surface area contributed by atoms with E-state index in [1.54, 1.807) is 24.3 Å². The van der Waals surface area contributed by atoms with Crippen LogP contribution >= 0.6 is 0 Å². The van der Waals surface area contributed by atoms with E-state index in [0.29, 0.717) is 18.7 Å². The average Bonchev–Trinajstić information content (AvgIpc) is 3.63. The fraction of sp³-hybridized carbons (Fsp3) is 0.395. The number of aliphatic hydroxyl groups excluding tert-OH is 1. The second-order valence-corrected chi connectivity index (χ2v) is 17.0. The second-order valence-electron chi connectivity index (χ2n) is 15.3. The van der Waals surface area contributed by atoms with Crippen molar-refractivity contribution in [1.29, 1.82) is 0 Å². The van der Waals surface area contributed by atoms with Gasteiger partial charge < -0.3 is 24.6 Å². The van der Waals surface area contributed by atoms with Crippen LogP contribution in [-0.4, -0.2) is 67.2 Å². The Kier molecular flexibility index (Phi) is 12.9. The third-order valence-corrected chi connectivity index (χ3v) is 11.3. The lowest BCUT2D eigenvalue weighted by Crippen LogP contribution is -2.45. The highest BCUT2D eigenvalue weighted by molar-refractivity contribution is 7.89. The van der Waals surface area contributed by atoms with E-state index in [1.165, 1.54) is 12.1 Å². The number of hydrogen-bond acceptors (Lipinski definition) is 9. The number of ether oxygens (including phenoxy) is 3. The topological polar surface area (TPSA) is 144 Å². The molecule has 2 aliphatic rings. The number of esters is 1. The van der Waals surface area contributed by atoms with Crippen molar-refractivity contribution >= 4 is 27.6 Å². The van der Waals surface area contributed by atoms with Crippen molar-refractivity contribution in [2.45, 2.75) is 101 Å². The van der Waals surface area contributed by atoms with Crippen LogP contribution in [0.4, 0.5) is 5.69 Å². The highest BCUT2D eigenvalue weighted by Gasteiger charge is 2.39. The SMILES string of the molecule is Cc1ccc(S(=O)(=O)N[C@H](Cc2ccccc2)C(=O)Nc2ccc([C@H]3O[C@@H](CN4CCC[C@H]4C(=O)OC(C)(C)C)C[C@@H](c4ccc(CO)cc4)O3)cc2)cc1. The van der Waals surface area contributed by atoms with Crippen LogP contribution in [0.2, 0.25) is 0 Å². The minimum atomic E-state index is -4.00. The molecule has 4 aromatic carbocycles. The maximum Gasteiger partial charge on any atom is 0.323 e. The molecule has 2 aliphatic heterocycles. The quantitative estimate of drug-likeness (QED) is 0.132. The van der Waals surface area contributed by atoms with E-state index in [4.69, 9.17) is 14.2 Å². The molecule has 2 saturated heterocycles. The lowest BCUT2D eigenvalue weighted by molar-refractivity contribution is -0.253. The fourth-order valence-corrected chi connectivity index (χ4v) is 8.13. The summed E-state index contributed by atoms with van der Waals surface area (Å²) in [5.41, 5.74) is 4.09. The Morgan fingerprint density at radius 1 is 0.891 bits per heavy atom. The van der Waals surface area contributed by atoms with Crippen molar-refractivity contribution < 1.29 is 37.3 Å². The molecule has 0 saturated carbocycles. The zero-order valence-corrected chi connectivity index (χ0v) is 32.6. The van der Waals surface area contributed by atoms with E-state index in [9.17, 15) is 23.1 Å². The van der Waals surface area contributed by atoms with Crippen LogP contribution in [-0.2, 0) is 46.9 Å². The van der Waals surface area contributed by atoms with Crippen LogP contribution in [0.15, 0.2) is 108 Å². The normalized spacial score (nSPS) is 21.2. The molecule has 0 bridgehead atoms. The summed E-state index contributed by atoms with van der Waals surface area (Å²) in [5, 5.41) is 12.5. The van der Waals surface area contributed by atoms with Crippen LogP contribution in [0.25, 0.3) is 0 Å². The highest BCUT2D eigenvalue weighted by atomic mass is 32.2. The lowest BCUT2D eigenvalue weighted by atomic mass is 9.99. The molecule has 3 N–H and O–H groups in total.